The van der Waals surface area contributed by atoms with Gasteiger partial charge in [-0.05, 0) is 20.3 Å². The van der Waals surface area contributed by atoms with Crippen LogP contribution < -0.4 is 0 Å². The molecule has 0 saturated carbocycles. The van der Waals surface area contributed by atoms with Crippen LogP contribution in [0.15, 0.2) is 0 Å². The van der Waals surface area contributed by atoms with Crippen molar-refractivity contribution in [2.75, 3.05) is 0 Å². The molecule has 3 heteroatoms. The van der Waals surface area contributed by atoms with E-state index < -0.39 is 8.80 Å². The molecule has 0 unspecified atom stereocenters. The second-order valence-electron chi connectivity index (χ2n) is 6.43. The summed E-state index contributed by atoms with van der Waals surface area (Å²) in [7, 11) is 1.25. The van der Waals surface area contributed by atoms with Gasteiger partial charge in [-0.25, -0.2) is 0 Å². The van der Waals surface area contributed by atoms with Crippen LogP contribution in [-0.2, 0) is 0 Å². The normalized spacial score (nSPS) is 15.0. The minimum atomic E-state index is -0.544. The van der Waals surface area contributed by atoms with Crippen LogP contribution in [-0.4, -0.2) is 28.6 Å². The zero-order valence-corrected chi connectivity index (χ0v) is 15.3. The van der Waals surface area contributed by atoms with Gasteiger partial charge in [-0.15, -0.1) is 0 Å². The Morgan fingerprint density at radius 3 is 1.62 bits per heavy atom. The SMILES string of the molecule is CC(C)(C)[SiH](C[SiH2]C[SiH3])C(C)(C)C. The van der Waals surface area contributed by atoms with E-state index in [0.717, 1.165) is 0 Å². The fourth-order valence-electron chi connectivity index (χ4n) is 2.57. The summed E-state index contributed by atoms with van der Waals surface area (Å²) in [5.41, 5.74) is 3.33. The van der Waals surface area contributed by atoms with Gasteiger partial charge in [0.25, 0.3) is 0 Å². The van der Waals surface area contributed by atoms with Crippen LogP contribution in [0.4, 0.5) is 0 Å². The number of hydrogen-bond donors (Lipinski definition) is 0. The summed E-state index contributed by atoms with van der Waals surface area (Å²) in [6.45, 7) is 14.8. The molecule has 0 aliphatic carbocycles. The van der Waals surface area contributed by atoms with E-state index in [9.17, 15) is 0 Å². The maximum atomic E-state index is 2.47. The predicted octanol–water partition coefficient (Wildman–Crippen LogP) is 1.68. The van der Waals surface area contributed by atoms with Crippen LogP contribution in [0.2, 0.25) is 21.4 Å². The van der Waals surface area contributed by atoms with Crippen molar-refractivity contribution in [2.45, 2.75) is 63.0 Å². The summed E-state index contributed by atoms with van der Waals surface area (Å²) in [6.07, 6.45) is 0. The molecule has 0 aromatic carbocycles. The van der Waals surface area contributed by atoms with E-state index in [0.29, 0.717) is 19.6 Å². The molecule has 0 aromatic heterocycles. The highest BCUT2D eigenvalue weighted by atomic mass is 28.3. The van der Waals surface area contributed by atoms with Crippen LogP contribution in [0.25, 0.3) is 0 Å². The first-order valence-corrected chi connectivity index (χ1v) is 11.1. The van der Waals surface area contributed by atoms with Crippen molar-refractivity contribution in [3.05, 3.63) is 0 Å². The van der Waals surface area contributed by atoms with Gasteiger partial charge in [0.1, 0.15) is 0 Å². The van der Waals surface area contributed by atoms with Crippen molar-refractivity contribution in [3.8, 4) is 0 Å². The van der Waals surface area contributed by atoms with Gasteiger partial charge in [0, 0.05) is 18.3 Å². The van der Waals surface area contributed by atoms with Gasteiger partial charge in [0.2, 0.25) is 0 Å². The maximum absolute atomic E-state index is 2.47. The molecular weight excluding hydrogens is 204 g/mol. The predicted molar refractivity (Wildman–Crippen MR) is 74.7 cm³/mol. The zero-order chi connectivity index (χ0) is 10.7. The minimum Gasteiger partial charge on any atom is -0.0752 e. The molecule has 0 aliphatic heterocycles. The molecule has 0 fully saturated rings. The lowest BCUT2D eigenvalue weighted by Crippen LogP contribution is -2.36. The second-order valence-corrected chi connectivity index (χ2v) is 18.0. The number of rotatable bonds is 3. The Morgan fingerprint density at radius 2 is 1.38 bits per heavy atom. The third kappa shape index (κ3) is 5.18. The monoisotopic (exact) mass is 232 g/mol. The zero-order valence-electron chi connectivity index (χ0n) is 10.7. The highest BCUT2D eigenvalue weighted by Crippen LogP contribution is 2.43. The topological polar surface area (TPSA) is 0 Å². The first-order chi connectivity index (χ1) is 5.69. The van der Waals surface area contributed by atoms with E-state index in [4.69, 9.17) is 0 Å². The Bertz CT molecular complexity index is 127. The van der Waals surface area contributed by atoms with Gasteiger partial charge in [-0.2, -0.15) is 0 Å². The fraction of sp³-hybridized carbons (Fsp3) is 1.00. The van der Waals surface area contributed by atoms with Crippen molar-refractivity contribution in [2.24, 2.45) is 0 Å². The molecule has 0 aromatic rings. The minimum absolute atomic E-state index is 0.338. The van der Waals surface area contributed by atoms with E-state index in [1.165, 1.54) is 10.2 Å². The molecule has 80 valence electrons. The average Bonchev–Trinajstić information content (AvgIpc) is 1.81. The van der Waals surface area contributed by atoms with E-state index in [1.807, 2.05) is 0 Å². The molecule has 0 saturated heterocycles. The van der Waals surface area contributed by atoms with Gasteiger partial charge in [0.05, 0.1) is 0 Å². The van der Waals surface area contributed by atoms with Crippen molar-refractivity contribution < 1.29 is 0 Å². The van der Waals surface area contributed by atoms with E-state index in [1.54, 1.807) is 11.3 Å². The molecule has 0 nitrogen and oxygen atoms in total. The molecule has 13 heavy (non-hydrogen) atoms. The summed E-state index contributed by atoms with van der Waals surface area (Å²) in [5.74, 6) is 0. The molecule has 0 aliphatic rings. The highest BCUT2D eigenvalue weighted by Gasteiger charge is 2.35. The van der Waals surface area contributed by atoms with Crippen molar-refractivity contribution in [3.63, 3.8) is 0 Å². The van der Waals surface area contributed by atoms with Crippen LogP contribution in [0.5, 0.6) is 0 Å². The van der Waals surface area contributed by atoms with Gasteiger partial charge in [-0.3, -0.25) is 0 Å². The van der Waals surface area contributed by atoms with Gasteiger partial charge >= 0.3 is 0 Å². The van der Waals surface area contributed by atoms with Crippen LogP contribution >= 0.6 is 0 Å². The quantitative estimate of drug-likeness (QED) is 0.650. The first-order valence-electron chi connectivity index (χ1n) is 5.69. The fourth-order valence-corrected chi connectivity index (χ4v) is 19.0. The van der Waals surface area contributed by atoms with Crippen LogP contribution in [0, 0.1) is 0 Å². The lowest BCUT2D eigenvalue weighted by Gasteiger charge is -2.39. The summed E-state index contributed by atoms with van der Waals surface area (Å²) in [6, 6.07) is 0. The smallest absolute Gasteiger partial charge is 0.0445 e. The molecule has 0 rings (SSSR count). The summed E-state index contributed by atoms with van der Waals surface area (Å²) < 4.78 is 0. The molecule has 0 radical (unpaired) electrons. The Hall–Kier alpha value is 0.651. The Kier molecular flexibility index (Phi) is 5.18. The third-order valence-corrected chi connectivity index (χ3v) is 13.9. The lowest BCUT2D eigenvalue weighted by molar-refractivity contribution is 0.644. The van der Waals surface area contributed by atoms with Crippen molar-refractivity contribution >= 4 is 28.6 Å². The first kappa shape index (κ1) is 13.7. The average molecular weight is 233 g/mol. The summed E-state index contributed by atoms with van der Waals surface area (Å²) in [4.78, 5) is 0. The third-order valence-electron chi connectivity index (χ3n) is 2.94. The molecule has 0 N–H and O–H groups in total. The van der Waals surface area contributed by atoms with E-state index in [-0.39, 0.29) is 0 Å². The maximum Gasteiger partial charge on any atom is 0.0445 e. The second kappa shape index (κ2) is 4.94. The molecule has 0 bridgehead atoms. The molecular formula is C10H28Si3. The molecule has 0 atom stereocenters. The summed E-state index contributed by atoms with van der Waals surface area (Å²) in [5, 5.41) is 1.28. The number of hydrogen-bond acceptors (Lipinski definition) is 0. The Morgan fingerprint density at radius 1 is 1.00 bits per heavy atom. The molecule has 0 heterocycles. The summed E-state index contributed by atoms with van der Waals surface area (Å²) >= 11 is 0. The standard InChI is InChI=1S/C10H28Si3/c1-9(2,3)13(8-12-7-11)10(4,5)6/h13H,7-8,12H2,1-6,11H3. The Balaban J connectivity index is 4.39. The lowest BCUT2D eigenvalue weighted by atomic mass is 10.2. The van der Waals surface area contributed by atoms with Crippen molar-refractivity contribution in [1.29, 1.82) is 0 Å². The Labute approximate surface area is 91.7 Å². The highest BCUT2D eigenvalue weighted by molar-refractivity contribution is 6.75. The van der Waals surface area contributed by atoms with Gasteiger partial charge in [-0.1, -0.05) is 52.9 Å². The van der Waals surface area contributed by atoms with Gasteiger partial charge in [0.15, 0.2) is 0 Å². The van der Waals surface area contributed by atoms with E-state index >= 15 is 0 Å². The van der Waals surface area contributed by atoms with Crippen LogP contribution in [0.3, 0.4) is 0 Å². The molecule has 0 spiro atoms. The molecule has 0 amide bonds. The van der Waals surface area contributed by atoms with Crippen LogP contribution in [0.1, 0.15) is 41.5 Å². The van der Waals surface area contributed by atoms with Gasteiger partial charge < -0.3 is 0 Å². The van der Waals surface area contributed by atoms with Crippen molar-refractivity contribution in [1.82, 2.24) is 0 Å². The largest absolute Gasteiger partial charge is 0.0752 e. The van der Waals surface area contributed by atoms with E-state index in [2.05, 4.69) is 41.5 Å².